The van der Waals surface area contributed by atoms with Gasteiger partial charge in [0.25, 0.3) is 5.56 Å². The molecule has 0 fully saturated rings. The molecule has 0 amide bonds. The number of nitrogens with zero attached hydrogens (tertiary/aromatic N) is 4. The Kier molecular flexibility index (Phi) is 6.13. The van der Waals surface area contributed by atoms with Crippen molar-refractivity contribution in [2.45, 2.75) is 13.2 Å². The second-order valence-corrected chi connectivity index (χ2v) is 7.01. The molecule has 0 bridgehead atoms. The highest BCUT2D eigenvalue weighted by Crippen LogP contribution is 2.16. The molecule has 0 spiro atoms. The summed E-state index contributed by atoms with van der Waals surface area (Å²) in [5.74, 6) is 0.976. The van der Waals surface area contributed by atoms with E-state index in [-0.39, 0.29) is 30.3 Å². The molecule has 0 aliphatic carbocycles. The van der Waals surface area contributed by atoms with Crippen molar-refractivity contribution in [3.8, 4) is 5.75 Å². The van der Waals surface area contributed by atoms with Crippen LogP contribution in [0.5, 0.6) is 5.75 Å². The van der Waals surface area contributed by atoms with E-state index >= 15 is 0 Å². The quantitative estimate of drug-likeness (QED) is 0.285. The summed E-state index contributed by atoms with van der Waals surface area (Å²) in [7, 11) is 1.51. The van der Waals surface area contributed by atoms with Crippen molar-refractivity contribution < 1.29 is 9.84 Å². The maximum Gasteiger partial charge on any atom is 0.329 e. The fourth-order valence-electron chi connectivity index (χ4n) is 3.19. The predicted molar refractivity (Wildman–Crippen MR) is 121 cm³/mol. The van der Waals surface area contributed by atoms with Crippen molar-refractivity contribution in [2.24, 2.45) is 12.1 Å². The van der Waals surface area contributed by atoms with Crippen LogP contribution in [-0.2, 0) is 20.2 Å². The molecule has 164 valence electrons. The van der Waals surface area contributed by atoms with Crippen LogP contribution in [-0.4, -0.2) is 37.0 Å². The molecule has 32 heavy (non-hydrogen) atoms. The highest BCUT2D eigenvalue weighted by molar-refractivity contribution is 5.80. The number of aromatic amines is 1. The van der Waals surface area contributed by atoms with Crippen LogP contribution in [0.25, 0.3) is 11.2 Å². The van der Waals surface area contributed by atoms with Gasteiger partial charge in [-0.2, -0.15) is 10.1 Å². The van der Waals surface area contributed by atoms with Crippen molar-refractivity contribution in [3.63, 3.8) is 0 Å². The molecule has 0 atom stereocenters. The number of hydrogen-bond acceptors (Lipinski definition) is 7. The number of H-pyrrole nitrogens is 1. The Morgan fingerprint density at radius 2 is 1.91 bits per heavy atom. The minimum Gasteiger partial charge on any atom is -0.489 e. The third kappa shape index (κ3) is 4.44. The number of benzene rings is 2. The Labute approximate surface area is 182 Å². The van der Waals surface area contributed by atoms with Gasteiger partial charge in [-0.1, -0.05) is 30.3 Å². The zero-order valence-electron chi connectivity index (χ0n) is 17.4. The number of aliphatic hydroxyl groups excluding tert-OH is 1. The lowest BCUT2D eigenvalue weighted by Crippen LogP contribution is -2.29. The van der Waals surface area contributed by atoms with E-state index in [1.54, 1.807) is 6.21 Å². The van der Waals surface area contributed by atoms with E-state index in [2.05, 4.69) is 20.5 Å². The molecule has 2 aromatic heterocycles. The van der Waals surface area contributed by atoms with Crippen LogP contribution in [0.3, 0.4) is 0 Å². The largest absolute Gasteiger partial charge is 0.489 e. The normalized spacial score (nSPS) is 11.3. The van der Waals surface area contributed by atoms with Gasteiger partial charge >= 0.3 is 5.69 Å². The average Bonchev–Trinajstić information content (AvgIpc) is 3.17. The molecule has 10 heteroatoms. The summed E-state index contributed by atoms with van der Waals surface area (Å²) in [5, 5.41) is 13.5. The van der Waals surface area contributed by atoms with Gasteiger partial charge in [-0.05, 0) is 35.4 Å². The summed E-state index contributed by atoms with van der Waals surface area (Å²) in [6.45, 7) is 0.387. The molecule has 10 nitrogen and oxygen atoms in total. The summed E-state index contributed by atoms with van der Waals surface area (Å²) in [6, 6.07) is 17.3. The molecule has 0 saturated carbocycles. The lowest BCUT2D eigenvalue weighted by molar-refractivity contribution is 0.278. The Morgan fingerprint density at radius 1 is 1.16 bits per heavy atom. The summed E-state index contributed by atoms with van der Waals surface area (Å²) in [6.07, 6.45) is 1.59. The first-order valence-corrected chi connectivity index (χ1v) is 9.93. The number of anilines is 1. The maximum absolute atomic E-state index is 12.2. The van der Waals surface area contributed by atoms with Gasteiger partial charge in [-0.3, -0.25) is 14.3 Å². The summed E-state index contributed by atoms with van der Waals surface area (Å²) in [4.78, 5) is 30.6. The van der Waals surface area contributed by atoms with E-state index < -0.39 is 11.2 Å². The van der Waals surface area contributed by atoms with Gasteiger partial charge in [-0.15, -0.1) is 0 Å². The number of aryl methyl sites for hydroxylation is 1. The molecular formula is C22H22N6O4. The van der Waals surface area contributed by atoms with Gasteiger partial charge in [0, 0.05) is 13.6 Å². The highest BCUT2D eigenvalue weighted by Gasteiger charge is 2.16. The van der Waals surface area contributed by atoms with Crippen LogP contribution in [0.1, 0.15) is 11.1 Å². The Morgan fingerprint density at radius 3 is 2.62 bits per heavy atom. The molecule has 0 aliphatic heterocycles. The minimum absolute atomic E-state index is 0.114. The third-order valence-corrected chi connectivity index (χ3v) is 4.84. The molecule has 4 rings (SSSR count). The number of aromatic nitrogens is 4. The number of aliphatic hydroxyl groups is 1. The predicted octanol–water partition coefficient (Wildman–Crippen LogP) is 1.44. The number of hydrazone groups is 1. The third-order valence-electron chi connectivity index (χ3n) is 4.84. The van der Waals surface area contributed by atoms with Crippen molar-refractivity contribution in [3.05, 3.63) is 86.6 Å². The number of nitrogens with one attached hydrogen (secondary N) is 2. The topological polar surface area (TPSA) is 127 Å². The van der Waals surface area contributed by atoms with Crippen LogP contribution < -0.4 is 21.4 Å². The average molecular weight is 434 g/mol. The van der Waals surface area contributed by atoms with Crippen LogP contribution in [0.15, 0.2) is 69.3 Å². The van der Waals surface area contributed by atoms with Crippen molar-refractivity contribution in [1.82, 2.24) is 19.1 Å². The monoisotopic (exact) mass is 434 g/mol. The van der Waals surface area contributed by atoms with Gasteiger partial charge < -0.3 is 14.4 Å². The van der Waals surface area contributed by atoms with E-state index in [4.69, 9.17) is 4.74 Å². The first-order chi connectivity index (χ1) is 15.6. The molecule has 3 N–H and O–H groups in total. The summed E-state index contributed by atoms with van der Waals surface area (Å²) >= 11 is 0. The molecule has 2 heterocycles. The van der Waals surface area contributed by atoms with Crippen LogP contribution in [0.4, 0.5) is 5.95 Å². The van der Waals surface area contributed by atoms with Crippen molar-refractivity contribution in [2.75, 3.05) is 12.0 Å². The van der Waals surface area contributed by atoms with E-state index in [1.807, 2.05) is 54.6 Å². The smallest absolute Gasteiger partial charge is 0.329 e. The van der Waals surface area contributed by atoms with Crippen molar-refractivity contribution >= 4 is 23.3 Å². The molecule has 0 saturated heterocycles. The second kappa shape index (κ2) is 9.31. The minimum atomic E-state index is -0.577. The zero-order chi connectivity index (χ0) is 22.5. The van der Waals surface area contributed by atoms with Gasteiger partial charge in [-0.25, -0.2) is 10.2 Å². The Hall–Kier alpha value is -4.18. The second-order valence-electron chi connectivity index (χ2n) is 7.01. The van der Waals surface area contributed by atoms with Crippen molar-refractivity contribution in [1.29, 1.82) is 0 Å². The molecule has 0 radical (unpaired) electrons. The van der Waals surface area contributed by atoms with E-state index in [9.17, 15) is 14.7 Å². The fraction of sp³-hybridized carbons (Fsp3) is 0.182. The first kappa shape index (κ1) is 21.1. The van der Waals surface area contributed by atoms with E-state index in [0.29, 0.717) is 6.61 Å². The SMILES string of the molecule is Cn1c(=O)[nH]c(=O)c2c1nc(NN=Cc1ccc(OCc3ccccc3)cc1)n2CCO. The Balaban J connectivity index is 1.48. The Bertz CT molecular complexity index is 1350. The van der Waals surface area contributed by atoms with Gasteiger partial charge in [0.05, 0.1) is 12.8 Å². The number of rotatable bonds is 8. The van der Waals surface area contributed by atoms with Gasteiger partial charge in [0.1, 0.15) is 12.4 Å². The van der Waals surface area contributed by atoms with Crippen LogP contribution >= 0.6 is 0 Å². The summed E-state index contributed by atoms with van der Waals surface area (Å²) < 4.78 is 8.48. The molecule has 0 unspecified atom stereocenters. The number of imidazole rings is 1. The van der Waals surface area contributed by atoms with E-state index in [0.717, 1.165) is 16.9 Å². The standard InChI is InChI=1S/C22H22N6O4/c1-27-19-18(20(30)25-22(27)31)28(11-12-29)21(24-19)26-23-13-15-7-9-17(10-8-15)32-14-16-5-3-2-4-6-16/h2-10,13,29H,11-12,14H2,1H3,(H,24,26)(H,25,30,31). The number of ether oxygens (including phenoxy) is 1. The zero-order valence-corrected chi connectivity index (χ0v) is 17.4. The molecule has 0 aliphatic rings. The van der Waals surface area contributed by atoms with E-state index in [1.165, 1.54) is 16.2 Å². The van der Waals surface area contributed by atoms with Crippen LogP contribution in [0.2, 0.25) is 0 Å². The fourth-order valence-corrected chi connectivity index (χ4v) is 3.19. The lowest BCUT2D eigenvalue weighted by Gasteiger charge is -2.06. The summed E-state index contributed by atoms with van der Waals surface area (Å²) in [5.41, 5.74) is 3.92. The van der Waals surface area contributed by atoms with Crippen LogP contribution in [0, 0.1) is 0 Å². The molecule has 4 aromatic rings. The molecule has 2 aromatic carbocycles. The first-order valence-electron chi connectivity index (χ1n) is 9.93. The van der Waals surface area contributed by atoms with Gasteiger partial charge in [0.15, 0.2) is 11.2 Å². The van der Waals surface area contributed by atoms with Gasteiger partial charge in [0.2, 0.25) is 5.95 Å². The highest BCUT2D eigenvalue weighted by atomic mass is 16.5. The maximum atomic E-state index is 12.2. The number of fused-ring (bicyclic) bond motifs is 1. The molecular weight excluding hydrogens is 412 g/mol. The lowest BCUT2D eigenvalue weighted by atomic mass is 10.2. The number of hydrogen-bond donors (Lipinski definition) is 3.